The number of hydrogen-bond donors (Lipinski definition) is 0. The first kappa shape index (κ1) is 18.2. The summed E-state index contributed by atoms with van der Waals surface area (Å²) in [5, 5.41) is 0.584. The Bertz CT molecular complexity index is 558. The summed E-state index contributed by atoms with van der Waals surface area (Å²) in [5.41, 5.74) is -0.446. The van der Waals surface area contributed by atoms with E-state index < -0.39 is 0 Å². The lowest BCUT2D eigenvalue weighted by atomic mass is 9.84. The van der Waals surface area contributed by atoms with Gasteiger partial charge in [-0.2, -0.15) is 0 Å². The maximum Gasteiger partial charge on any atom is 0.213 e. The highest BCUT2D eigenvalue weighted by molar-refractivity contribution is 6.30. The molecule has 128 valence electrons. The Kier molecular flexibility index (Phi) is 5.07. The first-order valence-corrected chi connectivity index (χ1v) is 8.45. The summed E-state index contributed by atoms with van der Waals surface area (Å²) in [6.07, 6.45) is 2.22. The van der Waals surface area contributed by atoms with E-state index in [4.69, 9.17) is 16.3 Å². The Hall–Kier alpha value is -1.13. The van der Waals surface area contributed by atoms with Gasteiger partial charge in [-0.3, -0.25) is 9.69 Å². The van der Waals surface area contributed by atoms with Crippen molar-refractivity contribution in [1.29, 1.82) is 0 Å². The summed E-state index contributed by atoms with van der Waals surface area (Å²) in [5.74, 6) is 0.819. The third-order valence-corrected chi connectivity index (χ3v) is 4.38. The van der Waals surface area contributed by atoms with Crippen LogP contribution in [0, 0.1) is 5.41 Å². The Balaban J connectivity index is 2.16. The van der Waals surface area contributed by atoms with Crippen LogP contribution in [0.1, 0.15) is 48.0 Å². The van der Waals surface area contributed by atoms with Crippen LogP contribution in [0.5, 0.6) is 5.88 Å². The minimum absolute atomic E-state index is 0.0424. The van der Waals surface area contributed by atoms with Gasteiger partial charge in [-0.25, -0.2) is 4.98 Å². The summed E-state index contributed by atoms with van der Waals surface area (Å²) < 4.78 is 5.99. The molecule has 2 rings (SSSR count). The zero-order valence-electron chi connectivity index (χ0n) is 14.9. The normalized spacial score (nSPS) is 23.1. The lowest BCUT2D eigenvalue weighted by Gasteiger charge is -2.38. The van der Waals surface area contributed by atoms with Gasteiger partial charge in [-0.15, -0.1) is 0 Å². The van der Waals surface area contributed by atoms with Crippen LogP contribution < -0.4 is 4.74 Å². The van der Waals surface area contributed by atoms with Gasteiger partial charge >= 0.3 is 0 Å². The molecule has 0 spiro atoms. The fourth-order valence-electron chi connectivity index (χ4n) is 2.98. The van der Waals surface area contributed by atoms with Gasteiger partial charge in [0.25, 0.3) is 0 Å². The fraction of sp³-hybridized carbons (Fsp3) is 0.667. The van der Waals surface area contributed by atoms with E-state index >= 15 is 0 Å². The van der Waals surface area contributed by atoms with Crippen LogP contribution in [-0.4, -0.2) is 39.9 Å². The number of Topliss-reactive ketones (excluding diaryl/α,β-unsaturated/α-hetero) is 1. The van der Waals surface area contributed by atoms with Crippen molar-refractivity contribution in [1.82, 2.24) is 9.88 Å². The van der Waals surface area contributed by atoms with Gasteiger partial charge in [-0.05, 0) is 26.8 Å². The molecule has 1 aliphatic heterocycles. The predicted molar refractivity (Wildman–Crippen MR) is 93.0 cm³/mol. The third kappa shape index (κ3) is 4.45. The molecule has 5 heteroatoms. The van der Waals surface area contributed by atoms with Crippen LogP contribution in [0.2, 0.25) is 5.02 Å². The number of likely N-dealkylation sites (tertiary alicyclic amines) is 1. The average Bonchev–Trinajstić information content (AvgIpc) is 2.83. The van der Waals surface area contributed by atoms with Crippen LogP contribution >= 0.6 is 11.6 Å². The number of rotatable bonds is 3. The topological polar surface area (TPSA) is 42.4 Å². The van der Waals surface area contributed by atoms with E-state index in [0.29, 0.717) is 17.3 Å². The molecule has 2 unspecified atom stereocenters. The van der Waals surface area contributed by atoms with Gasteiger partial charge in [0.2, 0.25) is 5.88 Å². The van der Waals surface area contributed by atoms with Crippen LogP contribution in [0.3, 0.4) is 0 Å². The number of ketones is 1. The standard InChI is InChI=1S/C18H27ClN2O2/c1-17(2,3)16(22)14-9-13(11-21(14)18(4,5)6)23-15-8-7-12(19)10-20-15/h7-8,10,13-14H,9,11H2,1-6H3. The van der Waals surface area contributed by atoms with E-state index in [0.717, 1.165) is 6.54 Å². The zero-order valence-corrected chi connectivity index (χ0v) is 15.6. The fourth-order valence-corrected chi connectivity index (χ4v) is 3.09. The van der Waals surface area contributed by atoms with Gasteiger partial charge in [0.05, 0.1) is 11.1 Å². The number of aromatic nitrogens is 1. The van der Waals surface area contributed by atoms with Crippen molar-refractivity contribution in [3.05, 3.63) is 23.4 Å². The van der Waals surface area contributed by atoms with Crippen molar-refractivity contribution in [3.8, 4) is 5.88 Å². The molecular formula is C18H27ClN2O2. The molecule has 0 amide bonds. The smallest absolute Gasteiger partial charge is 0.213 e. The van der Waals surface area contributed by atoms with Crippen molar-refractivity contribution >= 4 is 17.4 Å². The number of hydrogen-bond acceptors (Lipinski definition) is 4. The van der Waals surface area contributed by atoms with Gasteiger partial charge in [0.1, 0.15) is 6.10 Å². The van der Waals surface area contributed by atoms with E-state index in [1.54, 1.807) is 18.3 Å². The van der Waals surface area contributed by atoms with Crippen LogP contribution in [-0.2, 0) is 4.79 Å². The second kappa shape index (κ2) is 6.40. The highest BCUT2D eigenvalue weighted by Gasteiger charge is 2.45. The number of halogens is 1. The minimum atomic E-state index is -0.360. The second-order valence-corrected chi connectivity index (χ2v) is 8.68. The van der Waals surface area contributed by atoms with E-state index in [2.05, 4.69) is 30.7 Å². The quantitative estimate of drug-likeness (QED) is 0.836. The molecule has 1 fully saturated rings. The summed E-state index contributed by atoms with van der Waals surface area (Å²) in [4.78, 5) is 19.3. The summed E-state index contributed by atoms with van der Waals surface area (Å²) in [6.45, 7) is 13.1. The summed E-state index contributed by atoms with van der Waals surface area (Å²) in [7, 11) is 0. The monoisotopic (exact) mass is 338 g/mol. The molecule has 2 heterocycles. The van der Waals surface area contributed by atoms with Gasteiger partial charge in [-0.1, -0.05) is 32.4 Å². The molecule has 1 aliphatic rings. The number of nitrogens with zero attached hydrogens (tertiary/aromatic N) is 2. The average molecular weight is 339 g/mol. The Labute approximate surface area is 144 Å². The van der Waals surface area contributed by atoms with Gasteiger partial charge < -0.3 is 4.74 Å². The number of carbonyl (C=O) groups is 1. The molecule has 1 aromatic heterocycles. The van der Waals surface area contributed by atoms with E-state index in [-0.39, 0.29) is 28.9 Å². The first-order chi connectivity index (χ1) is 10.5. The molecular weight excluding hydrogens is 312 g/mol. The minimum Gasteiger partial charge on any atom is -0.473 e. The third-order valence-electron chi connectivity index (χ3n) is 4.15. The summed E-state index contributed by atoms with van der Waals surface area (Å²) >= 11 is 5.86. The zero-order chi connectivity index (χ0) is 17.4. The largest absolute Gasteiger partial charge is 0.473 e. The number of pyridine rings is 1. The van der Waals surface area contributed by atoms with Crippen molar-refractivity contribution < 1.29 is 9.53 Å². The van der Waals surface area contributed by atoms with Crippen molar-refractivity contribution in [2.45, 2.75) is 65.6 Å². The number of carbonyl (C=O) groups excluding carboxylic acids is 1. The number of ether oxygens (including phenoxy) is 1. The highest BCUT2D eigenvalue weighted by atomic mass is 35.5. The van der Waals surface area contributed by atoms with Crippen molar-refractivity contribution in [3.63, 3.8) is 0 Å². The first-order valence-electron chi connectivity index (χ1n) is 8.08. The van der Waals surface area contributed by atoms with Gasteiger partial charge in [0, 0.05) is 36.2 Å². The molecule has 0 N–H and O–H groups in total. The molecule has 4 nitrogen and oxygen atoms in total. The highest BCUT2D eigenvalue weighted by Crippen LogP contribution is 2.33. The summed E-state index contributed by atoms with van der Waals surface area (Å²) in [6, 6.07) is 3.41. The Morgan fingerprint density at radius 2 is 1.91 bits per heavy atom. The molecule has 0 aromatic carbocycles. The SMILES string of the molecule is CC(C)(C)C(=O)C1CC(Oc2ccc(Cl)cn2)CN1C(C)(C)C. The maximum atomic E-state index is 12.8. The van der Waals surface area contributed by atoms with E-state index in [9.17, 15) is 4.79 Å². The van der Waals surface area contributed by atoms with Crippen LogP contribution in [0.15, 0.2) is 18.3 Å². The Morgan fingerprint density at radius 1 is 1.26 bits per heavy atom. The van der Waals surface area contributed by atoms with Crippen molar-refractivity contribution in [2.75, 3.05) is 6.54 Å². The molecule has 1 saturated heterocycles. The molecule has 0 saturated carbocycles. The van der Waals surface area contributed by atoms with E-state index in [1.165, 1.54) is 0 Å². The van der Waals surface area contributed by atoms with Crippen LogP contribution in [0.25, 0.3) is 0 Å². The molecule has 2 atom stereocenters. The molecule has 1 aromatic rings. The molecule has 0 bridgehead atoms. The van der Waals surface area contributed by atoms with Gasteiger partial charge in [0.15, 0.2) is 5.78 Å². The lowest BCUT2D eigenvalue weighted by molar-refractivity contribution is -0.132. The lowest BCUT2D eigenvalue weighted by Crippen LogP contribution is -2.50. The van der Waals surface area contributed by atoms with Crippen molar-refractivity contribution in [2.24, 2.45) is 5.41 Å². The van der Waals surface area contributed by atoms with E-state index in [1.807, 2.05) is 20.8 Å². The molecule has 0 aliphatic carbocycles. The molecule has 0 radical (unpaired) electrons. The molecule has 23 heavy (non-hydrogen) atoms. The second-order valence-electron chi connectivity index (χ2n) is 8.24. The predicted octanol–water partition coefficient (Wildman–Crippen LogP) is 3.97. The maximum absolute atomic E-state index is 12.8. The van der Waals surface area contributed by atoms with Crippen LogP contribution in [0.4, 0.5) is 0 Å². The Morgan fingerprint density at radius 3 is 2.39 bits per heavy atom.